The predicted molar refractivity (Wildman–Crippen MR) is 130 cm³/mol. The Bertz CT molecular complexity index is 1270. The van der Waals surface area contributed by atoms with E-state index in [-0.39, 0.29) is 48.1 Å². The summed E-state index contributed by atoms with van der Waals surface area (Å²) < 4.78 is 10.9. The number of hydrogen-bond donors (Lipinski definition) is 3. The van der Waals surface area contributed by atoms with E-state index in [1.54, 1.807) is 6.07 Å². The first-order valence-electron chi connectivity index (χ1n) is 10.4. The molecule has 172 valence electrons. The minimum absolute atomic E-state index is 0. The summed E-state index contributed by atoms with van der Waals surface area (Å²) in [6.45, 7) is 6.11. The van der Waals surface area contributed by atoms with Crippen LogP contribution in [0.15, 0.2) is 62.8 Å². The Morgan fingerprint density at radius 2 is 1.81 bits per heavy atom. The van der Waals surface area contributed by atoms with Crippen molar-refractivity contribution in [2.75, 3.05) is 7.11 Å². The van der Waals surface area contributed by atoms with Gasteiger partial charge in [0.1, 0.15) is 28.2 Å². The molecular formula is C26H32O6. The van der Waals surface area contributed by atoms with Gasteiger partial charge in [-0.2, -0.15) is 0 Å². The van der Waals surface area contributed by atoms with E-state index in [4.69, 9.17) is 9.15 Å². The molecule has 0 spiro atoms. The van der Waals surface area contributed by atoms with Crippen LogP contribution in [0.1, 0.15) is 42.0 Å². The smallest absolute Gasteiger partial charge is 0.197 e. The molecule has 0 radical (unpaired) electrons. The molecule has 0 bridgehead atoms. The fourth-order valence-electron chi connectivity index (χ4n) is 3.47. The summed E-state index contributed by atoms with van der Waals surface area (Å²) in [5.41, 5.74) is 2.82. The molecule has 0 aliphatic carbocycles. The zero-order chi connectivity index (χ0) is 23.4. The normalized spacial score (nSPS) is 11.6. The van der Waals surface area contributed by atoms with Crippen LogP contribution in [-0.2, 0) is 6.42 Å². The average molecular weight is 441 g/mol. The molecule has 3 rings (SSSR count). The first-order chi connectivity index (χ1) is 15.2. The summed E-state index contributed by atoms with van der Waals surface area (Å²) >= 11 is 0. The van der Waals surface area contributed by atoms with Crippen molar-refractivity contribution in [3.05, 3.63) is 69.4 Å². The van der Waals surface area contributed by atoms with Crippen molar-refractivity contribution in [2.45, 2.75) is 40.0 Å². The van der Waals surface area contributed by atoms with Gasteiger partial charge in [0.05, 0.1) is 7.11 Å². The number of phenols is 3. The first kappa shape index (κ1) is 23.0. The minimum Gasteiger partial charge on any atom is -0.507 e. The van der Waals surface area contributed by atoms with Crippen LogP contribution in [0.3, 0.4) is 0 Å². The molecule has 0 aliphatic heterocycles. The molecule has 0 unspecified atom stereocenters. The van der Waals surface area contributed by atoms with Crippen molar-refractivity contribution in [1.29, 1.82) is 0 Å². The number of ether oxygens (including phenoxy) is 1. The van der Waals surface area contributed by atoms with Gasteiger partial charge in [0, 0.05) is 26.1 Å². The molecule has 0 saturated heterocycles. The minimum atomic E-state index is -0.434. The zero-order valence-electron chi connectivity index (χ0n) is 18.7. The molecule has 0 amide bonds. The van der Waals surface area contributed by atoms with Crippen LogP contribution in [0.25, 0.3) is 22.3 Å². The Labute approximate surface area is 189 Å². The average Bonchev–Trinajstić information content (AvgIpc) is 2.73. The van der Waals surface area contributed by atoms with E-state index in [9.17, 15) is 20.1 Å². The third kappa shape index (κ3) is 4.97. The number of methoxy groups -OCH3 is 1. The highest BCUT2D eigenvalue weighted by Gasteiger charge is 2.18. The van der Waals surface area contributed by atoms with E-state index in [0.29, 0.717) is 12.0 Å². The lowest BCUT2D eigenvalue weighted by molar-refractivity contribution is 0.373. The van der Waals surface area contributed by atoms with E-state index in [1.165, 1.54) is 36.9 Å². The lowest BCUT2D eigenvalue weighted by atomic mass is 10.0. The summed E-state index contributed by atoms with van der Waals surface area (Å²) in [5.74, 6) is -0.00668. The second-order valence-corrected chi connectivity index (χ2v) is 8.03. The van der Waals surface area contributed by atoms with E-state index in [0.717, 1.165) is 18.4 Å². The van der Waals surface area contributed by atoms with Crippen LogP contribution in [0.5, 0.6) is 23.0 Å². The van der Waals surface area contributed by atoms with Gasteiger partial charge in [-0.05, 0) is 58.2 Å². The van der Waals surface area contributed by atoms with Crippen LogP contribution < -0.4 is 10.2 Å². The van der Waals surface area contributed by atoms with Crippen LogP contribution >= 0.6 is 0 Å². The second-order valence-electron chi connectivity index (χ2n) is 8.03. The molecule has 0 aliphatic rings. The molecule has 1 heterocycles. The Morgan fingerprint density at radius 1 is 1.06 bits per heavy atom. The molecule has 6 nitrogen and oxygen atoms in total. The highest BCUT2D eigenvalue weighted by molar-refractivity contribution is 5.88. The number of phenolic OH excluding ortho intramolecular Hbond substituents is 3. The lowest BCUT2D eigenvalue weighted by Crippen LogP contribution is -2.02. The summed E-state index contributed by atoms with van der Waals surface area (Å²) in [6, 6.07) is 7.17. The zero-order valence-corrected chi connectivity index (χ0v) is 18.7. The number of rotatable bonds is 7. The van der Waals surface area contributed by atoms with Crippen LogP contribution in [0, 0.1) is 0 Å². The van der Waals surface area contributed by atoms with E-state index >= 15 is 0 Å². The summed E-state index contributed by atoms with van der Waals surface area (Å²) in [4.78, 5) is 12.8. The highest BCUT2D eigenvalue weighted by atomic mass is 16.5. The Balaban J connectivity index is 0.00000289. The van der Waals surface area contributed by atoms with Crippen LogP contribution in [-0.4, -0.2) is 22.4 Å². The molecule has 6 heteroatoms. The molecule has 3 N–H and O–H groups in total. The fraction of sp³-hybridized carbons (Fsp3) is 0.269. The van der Waals surface area contributed by atoms with E-state index < -0.39 is 5.43 Å². The van der Waals surface area contributed by atoms with Crippen LogP contribution in [0.2, 0.25) is 0 Å². The van der Waals surface area contributed by atoms with Gasteiger partial charge in [0.2, 0.25) is 0 Å². The number of fused-ring (bicyclic) bond motifs is 1. The number of benzene rings is 2. The van der Waals surface area contributed by atoms with Gasteiger partial charge in [-0.3, -0.25) is 4.79 Å². The van der Waals surface area contributed by atoms with Gasteiger partial charge < -0.3 is 24.5 Å². The highest BCUT2D eigenvalue weighted by Crippen LogP contribution is 2.37. The molecule has 0 saturated carbocycles. The van der Waals surface area contributed by atoms with Gasteiger partial charge >= 0.3 is 0 Å². The SMILES string of the molecule is COc1cc(-c2cc(=O)c3c(O)c(C/C=C(\C)CCC=C(C)C)c(O)cc3o2)ccc1O.[HH].[HH]. The van der Waals surface area contributed by atoms with Gasteiger partial charge in [0.15, 0.2) is 16.9 Å². The summed E-state index contributed by atoms with van der Waals surface area (Å²) in [7, 11) is 1.42. The van der Waals surface area contributed by atoms with Crippen molar-refractivity contribution in [1.82, 2.24) is 0 Å². The molecule has 1 aromatic heterocycles. The predicted octanol–water partition coefficient (Wildman–Crippen LogP) is 6.31. The van der Waals surface area contributed by atoms with Crippen molar-refractivity contribution in [3.8, 4) is 34.3 Å². The fourth-order valence-corrected chi connectivity index (χ4v) is 3.47. The lowest BCUT2D eigenvalue weighted by Gasteiger charge is -2.11. The summed E-state index contributed by atoms with van der Waals surface area (Å²) in [6.07, 6.45) is 6.20. The summed E-state index contributed by atoms with van der Waals surface area (Å²) in [5, 5.41) is 31.0. The molecule has 32 heavy (non-hydrogen) atoms. The second kappa shape index (κ2) is 9.64. The van der Waals surface area contributed by atoms with Crippen molar-refractivity contribution in [2.24, 2.45) is 0 Å². The van der Waals surface area contributed by atoms with E-state index in [1.807, 2.05) is 13.0 Å². The van der Waals surface area contributed by atoms with Crippen molar-refractivity contribution >= 4 is 11.0 Å². The van der Waals surface area contributed by atoms with Gasteiger partial charge in [-0.25, -0.2) is 0 Å². The van der Waals surface area contributed by atoms with Crippen molar-refractivity contribution in [3.63, 3.8) is 0 Å². The Kier molecular flexibility index (Phi) is 6.93. The number of allylic oxidation sites excluding steroid dienone is 4. The Morgan fingerprint density at radius 3 is 2.50 bits per heavy atom. The molecule has 3 aromatic rings. The Hall–Kier alpha value is -3.67. The molecule has 0 atom stereocenters. The molecule has 0 fully saturated rings. The quantitative estimate of drug-likeness (QED) is 0.372. The maximum Gasteiger partial charge on any atom is 0.197 e. The first-order valence-corrected chi connectivity index (χ1v) is 10.4. The third-order valence-electron chi connectivity index (χ3n) is 5.28. The molecule has 2 aromatic carbocycles. The maximum absolute atomic E-state index is 12.8. The topological polar surface area (TPSA) is 100 Å². The number of hydrogen-bond acceptors (Lipinski definition) is 6. The number of aromatic hydroxyl groups is 3. The molecular weight excluding hydrogens is 408 g/mol. The van der Waals surface area contributed by atoms with Gasteiger partial charge in [-0.1, -0.05) is 23.3 Å². The largest absolute Gasteiger partial charge is 0.507 e. The van der Waals surface area contributed by atoms with Crippen LogP contribution in [0.4, 0.5) is 0 Å². The van der Waals surface area contributed by atoms with Gasteiger partial charge in [0.25, 0.3) is 0 Å². The van der Waals surface area contributed by atoms with Gasteiger partial charge in [-0.15, -0.1) is 0 Å². The monoisotopic (exact) mass is 440 g/mol. The van der Waals surface area contributed by atoms with E-state index in [2.05, 4.69) is 19.9 Å². The maximum atomic E-state index is 12.8. The standard InChI is InChI=1S/C26H28O6.2H2/c1-15(2)6-5-7-16(3)8-10-18-20(28)13-24-25(26(18)30)21(29)14-22(32-24)17-9-11-19(27)23(12-17)31-4;;/h6,8-9,11-14,27-28,30H,5,7,10H2,1-4H3;2*1H/b16-8+;;. The third-order valence-corrected chi connectivity index (χ3v) is 5.28. The van der Waals surface area contributed by atoms with Crippen molar-refractivity contribution < 1.29 is 27.3 Å².